The average molecular weight is 412 g/mol. The van der Waals surface area contributed by atoms with Crippen LogP contribution in [0.5, 0.6) is 0 Å². The van der Waals surface area contributed by atoms with Gasteiger partial charge in [-0.15, -0.1) is 0 Å². The number of allylic oxidation sites excluding steroid dienone is 1. The predicted molar refractivity (Wildman–Crippen MR) is 132 cm³/mol. The fraction of sp³-hybridized carbons (Fsp3) is 0. The van der Waals surface area contributed by atoms with E-state index in [-0.39, 0.29) is 0 Å². The van der Waals surface area contributed by atoms with Crippen LogP contribution in [0.15, 0.2) is 114 Å². The van der Waals surface area contributed by atoms with E-state index in [4.69, 9.17) is 9.98 Å². The van der Waals surface area contributed by atoms with Crippen molar-refractivity contribution in [2.75, 3.05) is 5.32 Å². The molecule has 1 aliphatic carbocycles. The highest BCUT2D eigenvalue weighted by molar-refractivity contribution is 6.42. The van der Waals surface area contributed by atoms with Gasteiger partial charge in [0.1, 0.15) is 5.82 Å². The van der Waals surface area contributed by atoms with Gasteiger partial charge in [-0.1, -0.05) is 72.8 Å². The lowest BCUT2D eigenvalue weighted by Crippen LogP contribution is -2.04. The second-order valence-corrected chi connectivity index (χ2v) is 7.69. The molecule has 6 rings (SSSR count). The topological polar surface area (TPSA) is 53.1 Å². The van der Waals surface area contributed by atoms with Crippen molar-refractivity contribution in [3.8, 4) is 0 Å². The number of benzene rings is 4. The van der Waals surface area contributed by atoms with Crippen LogP contribution in [0.25, 0.3) is 22.3 Å². The SMILES string of the molecule is c1ccc(N=C2C(c3nc4ccccc4[nH]3)=C(Nc3ccccc3)c3ccccc32)cc1. The number of nitrogens with one attached hydrogen (secondary N) is 2. The van der Waals surface area contributed by atoms with Gasteiger partial charge in [0.15, 0.2) is 0 Å². The zero-order chi connectivity index (χ0) is 21.3. The molecule has 0 spiro atoms. The summed E-state index contributed by atoms with van der Waals surface area (Å²) < 4.78 is 0. The lowest BCUT2D eigenvalue weighted by atomic mass is 10.1. The number of aliphatic imine (C=N–C) groups is 1. The van der Waals surface area contributed by atoms with Crippen LogP contribution in [0.2, 0.25) is 0 Å². The van der Waals surface area contributed by atoms with Gasteiger partial charge >= 0.3 is 0 Å². The van der Waals surface area contributed by atoms with E-state index >= 15 is 0 Å². The quantitative estimate of drug-likeness (QED) is 0.346. The van der Waals surface area contributed by atoms with Crippen LogP contribution in [0.3, 0.4) is 0 Å². The highest BCUT2D eigenvalue weighted by Gasteiger charge is 2.31. The van der Waals surface area contributed by atoms with Gasteiger partial charge in [0.25, 0.3) is 0 Å². The summed E-state index contributed by atoms with van der Waals surface area (Å²) in [6.07, 6.45) is 0. The molecule has 0 unspecified atom stereocenters. The van der Waals surface area contributed by atoms with Crippen LogP contribution in [-0.4, -0.2) is 15.7 Å². The van der Waals surface area contributed by atoms with E-state index in [1.165, 1.54) is 0 Å². The first-order chi connectivity index (χ1) is 15.9. The number of imidazole rings is 1. The zero-order valence-corrected chi connectivity index (χ0v) is 17.3. The fourth-order valence-electron chi connectivity index (χ4n) is 4.14. The third-order valence-electron chi connectivity index (χ3n) is 5.60. The number of H-pyrrole nitrogens is 1. The Morgan fingerprint density at radius 2 is 1.31 bits per heavy atom. The van der Waals surface area contributed by atoms with Crippen LogP contribution in [0.4, 0.5) is 11.4 Å². The monoisotopic (exact) mass is 412 g/mol. The summed E-state index contributed by atoms with van der Waals surface area (Å²) in [5.41, 5.74) is 8.94. The van der Waals surface area contributed by atoms with Gasteiger partial charge in [0.2, 0.25) is 0 Å². The minimum atomic E-state index is 0.801. The summed E-state index contributed by atoms with van der Waals surface area (Å²) >= 11 is 0. The van der Waals surface area contributed by atoms with Crippen LogP contribution in [-0.2, 0) is 0 Å². The Balaban J connectivity index is 1.62. The van der Waals surface area contributed by atoms with E-state index in [0.29, 0.717) is 0 Å². The summed E-state index contributed by atoms with van der Waals surface area (Å²) in [7, 11) is 0. The first-order valence-electron chi connectivity index (χ1n) is 10.6. The molecule has 0 saturated carbocycles. The second kappa shape index (κ2) is 7.67. The first kappa shape index (κ1) is 18.3. The molecule has 4 aromatic carbocycles. The standard InChI is InChI=1S/C28H20N4/c1-3-11-19(12-4-1)29-26-21-15-7-8-16-22(21)27(30-20-13-5-2-6-14-20)25(26)28-31-23-17-9-10-18-24(23)32-28/h1-18,29H,(H,31,32). The van der Waals surface area contributed by atoms with E-state index < -0.39 is 0 Å². The lowest BCUT2D eigenvalue weighted by Gasteiger charge is -2.11. The van der Waals surface area contributed by atoms with E-state index in [0.717, 1.165) is 56.3 Å². The summed E-state index contributed by atoms with van der Waals surface area (Å²) in [5.74, 6) is 0.801. The van der Waals surface area contributed by atoms with Crippen LogP contribution < -0.4 is 5.32 Å². The molecule has 0 amide bonds. The van der Waals surface area contributed by atoms with Crippen LogP contribution >= 0.6 is 0 Å². The van der Waals surface area contributed by atoms with Crippen molar-refractivity contribution in [1.82, 2.24) is 9.97 Å². The molecule has 0 bridgehead atoms. The first-order valence-corrected chi connectivity index (χ1v) is 10.6. The maximum atomic E-state index is 5.08. The second-order valence-electron chi connectivity index (χ2n) is 7.69. The molecule has 0 atom stereocenters. The molecule has 4 nitrogen and oxygen atoms in total. The van der Waals surface area contributed by atoms with Crippen molar-refractivity contribution in [1.29, 1.82) is 0 Å². The number of para-hydroxylation sites is 4. The highest BCUT2D eigenvalue weighted by Crippen LogP contribution is 2.40. The van der Waals surface area contributed by atoms with Crippen molar-refractivity contribution >= 4 is 39.4 Å². The average Bonchev–Trinajstić information content (AvgIpc) is 3.40. The Labute approximate surface area is 186 Å². The van der Waals surface area contributed by atoms with Gasteiger partial charge < -0.3 is 10.3 Å². The van der Waals surface area contributed by atoms with Gasteiger partial charge in [-0.3, -0.25) is 0 Å². The fourth-order valence-corrected chi connectivity index (χ4v) is 4.14. The number of aromatic amines is 1. The lowest BCUT2D eigenvalue weighted by molar-refractivity contribution is 1.28. The molecule has 2 N–H and O–H groups in total. The molecule has 5 aromatic rings. The summed E-state index contributed by atoms with van der Waals surface area (Å²) in [6.45, 7) is 0. The number of anilines is 1. The van der Waals surface area contributed by atoms with Crippen LogP contribution in [0.1, 0.15) is 17.0 Å². The molecule has 1 aliphatic rings. The zero-order valence-electron chi connectivity index (χ0n) is 17.3. The minimum Gasteiger partial charge on any atom is -0.354 e. The molecule has 0 saturated heterocycles. The number of fused-ring (bicyclic) bond motifs is 2. The van der Waals surface area contributed by atoms with E-state index in [2.05, 4.69) is 46.7 Å². The summed E-state index contributed by atoms with van der Waals surface area (Å²) in [4.78, 5) is 13.5. The highest BCUT2D eigenvalue weighted by atomic mass is 15.0. The Hall–Kier alpha value is -4.44. The number of nitrogens with zero attached hydrogens (tertiary/aromatic N) is 2. The molecular formula is C28H20N4. The third-order valence-corrected chi connectivity index (χ3v) is 5.60. The number of hydrogen-bond acceptors (Lipinski definition) is 3. The molecule has 0 aliphatic heterocycles. The minimum absolute atomic E-state index is 0.801. The Kier molecular flexibility index (Phi) is 4.40. The third kappa shape index (κ3) is 3.19. The van der Waals surface area contributed by atoms with Gasteiger partial charge in [0.05, 0.1) is 33.7 Å². The van der Waals surface area contributed by atoms with E-state index in [9.17, 15) is 0 Å². The number of rotatable bonds is 4. The molecule has 0 radical (unpaired) electrons. The maximum absolute atomic E-state index is 5.08. The largest absolute Gasteiger partial charge is 0.354 e. The summed E-state index contributed by atoms with van der Waals surface area (Å²) in [6, 6.07) is 36.8. The Morgan fingerprint density at radius 1 is 0.656 bits per heavy atom. The molecule has 152 valence electrons. The van der Waals surface area contributed by atoms with Crippen molar-refractivity contribution in [2.24, 2.45) is 4.99 Å². The van der Waals surface area contributed by atoms with Gasteiger partial charge in [-0.05, 0) is 36.4 Å². The van der Waals surface area contributed by atoms with Gasteiger partial charge in [-0.2, -0.15) is 0 Å². The smallest absolute Gasteiger partial charge is 0.142 e. The Morgan fingerprint density at radius 3 is 2.09 bits per heavy atom. The normalized spacial score (nSPS) is 14.2. The van der Waals surface area contributed by atoms with Crippen molar-refractivity contribution in [3.63, 3.8) is 0 Å². The Bertz CT molecular complexity index is 1440. The van der Waals surface area contributed by atoms with E-state index in [1.807, 2.05) is 72.8 Å². The molecule has 32 heavy (non-hydrogen) atoms. The summed E-state index contributed by atoms with van der Waals surface area (Å²) in [5, 5.41) is 3.64. The number of aromatic nitrogens is 2. The number of hydrogen-bond donors (Lipinski definition) is 2. The molecular weight excluding hydrogens is 392 g/mol. The van der Waals surface area contributed by atoms with Crippen LogP contribution in [0, 0.1) is 0 Å². The predicted octanol–water partition coefficient (Wildman–Crippen LogP) is 6.68. The van der Waals surface area contributed by atoms with Gasteiger partial charge in [0, 0.05) is 16.8 Å². The maximum Gasteiger partial charge on any atom is 0.142 e. The van der Waals surface area contributed by atoms with E-state index in [1.54, 1.807) is 0 Å². The van der Waals surface area contributed by atoms with Crippen molar-refractivity contribution < 1.29 is 0 Å². The van der Waals surface area contributed by atoms with Crippen molar-refractivity contribution in [2.45, 2.75) is 0 Å². The molecule has 1 aromatic heterocycles. The molecule has 0 fully saturated rings. The van der Waals surface area contributed by atoms with Crippen molar-refractivity contribution in [3.05, 3.63) is 126 Å². The molecule has 4 heteroatoms. The van der Waals surface area contributed by atoms with Gasteiger partial charge in [-0.25, -0.2) is 9.98 Å². The molecule has 1 heterocycles.